The van der Waals surface area contributed by atoms with Crippen LogP contribution in [0.2, 0.25) is 19.6 Å². The van der Waals surface area contributed by atoms with Crippen LogP contribution in [-0.4, -0.2) is 15.2 Å². The average Bonchev–Trinajstić information content (AvgIpc) is 2.51. The lowest BCUT2D eigenvalue weighted by molar-refractivity contribution is 0.415. The minimum Gasteiger partial charge on any atom is -0.497 e. The maximum atomic E-state index is 5.15. The summed E-state index contributed by atoms with van der Waals surface area (Å²) < 4.78 is 5.15. The lowest BCUT2D eigenvalue weighted by Gasteiger charge is -2.04. The number of benzene rings is 2. The van der Waals surface area contributed by atoms with E-state index >= 15 is 0 Å². The van der Waals surface area contributed by atoms with Crippen LogP contribution in [0.15, 0.2) is 48.5 Å². The van der Waals surface area contributed by atoms with Crippen LogP contribution >= 0.6 is 0 Å². The van der Waals surface area contributed by atoms with Gasteiger partial charge in [0.15, 0.2) is 0 Å². The Balaban J connectivity index is 2.30. The molecule has 0 unspecified atom stereocenters. The Hall–Kier alpha value is -2.42. The Morgan fingerprint density at radius 2 is 1.36 bits per heavy atom. The zero-order valence-corrected chi connectivity index (χ0v) is 14.5. The SMILES string of the molecule is COc1ccc(C#Cc2ccccc2C#C[Si](C)(C)C)cc1. The van der Waals surface area contributed by atoms with Gasteiger partial charge >= 0.3 is 0 Å². The van der Waals surface area contributed by atoms with Gasteiger partial charge in [0.05, 0.1) is 7.11 Å². The van der Waals surface area contributed by atoms with Crippen molar-refractivity contribution in [1.82, 2.24) is 0 Å². The molecule has 110 valence electrons. The van der Waals surface area contributed by atoms with Gasteiger partial charge in [-0.05, 0) is 36.4 Å². The van der Waals surface area contributed by atoms with Crippen LogP contribution in [0.3, 0.4) is 0 Å². The third-order valence-electron chi connectivity index (χ3n) is 2.93. The fourth-order valence-corrected chi connectivity index (χ4v) is 2.28. The molecule has 2 heteroatoms. The summed E-state index contributed by atoms with van der Waals surface area (Å²) in [5, 5.41) is 0. The third-order valence-corrected chi connectivity index (χ3v) is 3.81. The monoisotopic (exact) mass is 304 g/mol. The summed E-state index contributed by atoms with van der Waals surface area (Å²) >= 11 is 0. The molecule has 1 nitrogen and oxygen atoms in total. The molecule has 0 atom stereocenters. The Morgan fingerprint density at radius 1 is 0.773 bits per heavy atom. The molecule has 0 aromatic heterocycles. The fourth-order valence-electron chi connectivity index (χ4n) is 1.77. The Morgan fingerprint density at radius 3 is 1.91 bits per heavy atom. The van der Waals surface area contributed by atoms with Gasteiger partial charge in [0, 0.05) is 16.7 Å². The van der Waals surface area contributed by atoms with Crippen LogP contribution in [-0.2, 0) is 0 Å². The van der Waals surface area contributed by atoms with Crippen molar-refractivity contribution >= 4 is 8.07 Å². The maximum absolute atomic E-state index is 5.15. The Bertz CT molecular complexity index is 760. The zero-order chi connectivity index (χ0) is 16.0. The van der Waals surface area contributed by atoms with E-state index in [2.05, 4.69) is 42.9 Å². The highest BCUT2D eigenvalue weighted by Gasteiger charge is 2.07. The molecule has 0 heterocycles. The summed E-state index contributed by atoms with van der Waals surface area (Å²) in [6, 6.07) is 15.8. The van der Waals surface area contributed by atoms with Crippen molar-refractivity contribution in [3.05, 3.63) is 65.2 Å². The summed E-state index contributed by atoms with van der Waals surface area (Å²) in [7, 11) is 0.277. The standard InChI is InChI=1S/C20H20OSi/c1-21-20-13-10-17(11-14-20)9-12-18-7-5-6-8-19(18)15-16-22(2,3)4/h5-8,10-11,13-14H,1-4H3. The molecule has 2 aromatic rings. The van der Waals surface area contributed by atoms with Crippen molar-refractivity contribution in [2.75, 3.05) is 7.11 Å². The van der Waals surface area contributed by atoms with Gasteiger partial charge in [-0.25, -0.2) is 0 Å². The third kappa shape index (κ3) is 4.84. The minimum atomic E-state index is -1.38. The van der Waals surface area contributed by atoms with E-state index < -0.39 is 8.07 Å². The predicted octanol–water partition coefficient (Wildman–Crippen LogP) is 4.32. The van der Waals surface area contributed by atoms with Gasteiger partial charge in [0.2, 0.25) is 0 Å². The molecule has 0 aliphatic rings. The largest absolute Gasteiger partial charge is 0.497 e. The predicted molar refractivity (Wildman–Crippen MR) is 95.6 cm³/mol. The first-order valence-electron chi connectivity index (χ1n) is 7.26. The lowest BCUT2D eigenvalue weighted by atomic mass is 10.1. The second-order valence-corrected chi connectivity index (χ2v) is 10.8. The topological polar surface area (TPSA) is 9.23 Å². The quantitative estimate of drug-likeness (QED) is 0.563. The molecule has 0 aliphatic carbocycles. The second kappa shape index (κ2) is 7.03. The molecule has 0 aliphatic heterocycles. The van der Waals surface area contributed by atoms with Crippen molar-refractivity contribution in [2.24, 2.45) is 0 Å². The van der Waals surface area contributed by atoms with E-state index in [0.29, 0.717) is 0 Å². The molecule has 0 spiro atoms. The molecule has 0 fully saturated rings. The van der Waals surface area contributed by atoms with Crippen LogP contribution in [0.5, 0.6) is 5.75 Å². The van der Waals surface area contributed by atoms with Crippen LogP contribution in [0, 0.1) is 23.3 Å². The van der Waals surface area contributed by atoms with Gasteiger partial charge in [-0.2, -0.15) is 0 Å². The van der Waals surface area contributed by atoms with E-state index in [1.165, 1.54) is 0 Å². The smallest absolute Gasteiger partial charge is 0.129 e. The molecule has 0 N–H and O–H groups in total. The molecular formula is C20H20OSi. The second-order valence-electron chi connectivity index (χ2n) is 6.02. The zero-order valence-electron chi connectivity index (χ0n) is 13.5. The average molecular weight is 304 g/mol. The van der Waals surface area contributed by atoms with Crippen molar-refractivity contribution in [3.63, 3.8) is 0 Å². The maximum Gasteiger partial charge on any atom is 0.129 e. The molecule has 0 bridgehead atoms. The van der Waals surface area contributed by atoms with Crippen LogP contribution in [0.25, 0.3) is 0 Å². The summed E-state index contributed by atoms with van der Waals surface area (Å²) in [4.78, 5) is 0. The van der Waals surface area contributed by atoms with E-state index in [9.17, 15) is 0 Å². The lowest BCUT2D eigenvalue weighted by Crippen LogP contribution is -2.16. The van der Waals surface area contributed by atoms with E-state index in [-0.39, 0.29) is 0 Å². The number of ether oxygens (including phenoxy) is 1. The number of hydrogen-bond donors (Lipinski definition) is 0. The van der Waals surface area contributed by atoms with Crippen molar-refractivity contribution in [3.8, 4) is 29.1 Å². The Kier molecular flexibility index (Phi) is 5.10. The first-order valence-corrected chi connectivity index (χ1v) is 10.8. The van der Waals surface area contributed by atoms with Crippen LogP contribution in [0.1, 0.15) is 16.7 Å². The number of rotatable bonds is 1. The van der Waals surface area contributed by atoms with E-state index in [1.54, 1.807) is 7.11 Å². The number of hydrogen-bond acceptors (Lipinski definition) is 1. The fraction of sp³-hybridized carbons (Fsp3) is 0.200. The molecule has 0 saturated carbocycles. The molecular weight excluding hydrogens is 284 g/mol. The molecule has 22 heavy (non-hydrogen) atoms. The molecule has 2 aromatic carbocycles. The summed E-state index contributed by atoms with van der Waals surface area (Å²) in [5.74, 6) is 10.5. The number of methoxy groups -OCH3 is 1. The highest BCUT2D eigenvalue weighted by Crippen LogP contribution is 2.11. The van der Waals surface area contributed by atoms with E-state index in [1.807, 2.05) is 48.5 Å². The first-order chi connectivity index (χ1) is 10.5. The van der Waals surface area contributed by atoms with Crippen molar-refractivity contribution in [1.29, 1.82) is 0 Å². The van der Waals surface area contributed by atoms with Crippen LogP contribution in [0.4, 0.5) is 0 Å². The summed E-state index contributed by atoms with van der Waals surface area (Å²) in [6.07, 6.45) is 0. The molecule has 0 amide bonds. The summed E-state index contributed by atoms with van der Waals surface area (Å²) in [6.45, 7) is 6.73. The molecule has 0 radical (unpaired) electrons. The Labute approximate surface area is 134 Å². The van der Waals surface area contributed by atoms with Gasteiger partial charge in [-0.3, -0.25) is 0 Å². The van der Waals surface area contributed by atoms with Gasteiger partial charge in [0.1, 0.15) is 13.8 Å². The minimum absolute atomic E-state index is 0.840. The first kappa shape index (κ1) is 16.0. The highest BCUT2D eigenvalue weighted by molar-refractivity contribution is 6.83. The van der Waals surface area contributed by atoms with Gasteiger partial charge in [-0.15, -0.1) is 5.54 Å². The normalized spacial score (nSPS) is 10.0. The van der Waals surface area contributed by atoms with Crippen LogP contribution < -0.4 is 4.74 Å². The van der Waals surface area contributed by atoms with E-state index in [0.717, 1.165) is 22.4 Å². The van der Waals surface area contributed by atoms with Gasteiger partial charge in [-0.1, -0.05) is 49.5 Å². The highest BCUT2D eigenvalue weighted by atomic mass is 28.3. The molecule has 0 saturated heterocycles. The van der Waals surface area contributed by atoms with Gasteiger partial charge in [0.25, 0.3) is 0 Å². The van der Waals surface area contributed by atoms with Gasteiger partial charge < -0.3 is 4.74 Å². The summed E-state index contributed by atoms with van der Waals surface area (Å²) in [5.41, 5.74) is 6.34. The van der Waals surface area contributed by atoms with E-state index in [4.69, 9.17) is 4.74 Å². The molecule has 2 rings (SSSR count). The van der Waals surface area contributed by atoms with Crippen molar-refractivity contribution in [2.45, 2.75) is 19.6 Å². The van der Waals surface area contributed by atoms with Crippen molar-refractivity contribution < 1.29 is 4.74 Å².